The zero-order chi connectivity index (χ0) is 19.1. The van der Waals surface area contributed by atoms with Crippen molar-refractivity contribution in [3.63, 3.8) is 0 Å². The van der Waals surface area contributed by atoms with Gasteiger partial charge in [0, 0.05) is 10.9 Å². The fraction of sp³-hybridized carbons (Fsp3) is 0.190. The molecule has 5 nitrogen and oxygen atoms in total. The highest BCUT2D eigenvalue weighted by molar-refractivity contribution is 7.17. The zero-order valence-electron chi connectivity index (χ0n) is 14.9. The van der Waals surface area contributed by atoms with E-state index in [0.29, 0.717) is 18.9 Å². The molecule has 4 aromatic rings. The van der Waals surface area contributed by atoms with E-state index >= 15 is 0 Å². The van der Waals surface area contributed by atoms with Gasteiger partial charge >= 0.3 is 0 Å². The fourth-order valence-electron chi connectivity index (χ4n) is 3.57. The minimum atomic E-state index is -0.960. The maximum Gasteiger partial charge on any atom is 0.173 e. The molecule has 1 aromatic carbocycles. The molecule has 0 spiro atoms. The quantitative estimate of drug-likeness (QED) is 0.540. The molecular formula is C21H16N4OS2. The number of rotatable bonds is 4. The van der Waals surface area contributed by atoms with Crippen LogP contribution in [0.1, 0.15) is 6.42 Å². The van der Waals surface area contributed by atoms with Crippen molar-refractivity contribution in [1.82, 2.24) is 9.97 Å². The maximum atomic E-state index is 10.5. The van der Waals surface area contributed by atoms with Gasteiger partial charge in [-0.15, -0.1) is 22.7 Å². The Bertz CT molecular complexity index is 1170. The predicted octanol–water partition coefficient (Wildman–Crippen LogP) is 4.55. The van der Waals surface area contributed by atoms with E-state index in [1.807, 2.05) is 35.7 Å². The van der Waals surface area contributed by atoms with Crippen LogP contribution in [0.5, 0.6) is 0 Å². The Morgan fingerprint density at radius 3 is 2.64 bits per heavy atom. The molecule has 7 heteroatoms. The van der Waals surface area contributed by atoms with E-state index in [2.05, 4.69) is 28.5 Å². The number of anilines is 1. The molecule has 4 heterocycles. The summed E-state index contributed by atoms with van der Waals surface area (Å²) in [6.45, 7) is 0.807. The number of hydrogen-bond donors (Lipinski definition) is 1. The first-order valence-corrected chi connectivity index (χ1v) is 10.7. The van der Waals surface area contributed by atoms with Crippen molar-refractivity contribution in [3.8, 4) is 27.9 Å². The molecule has 1 fully saturated rings. The molecule has 0 atom stereocenters. The number of aliphatic hydroxyl groups is 1. The van der Waals surface area contributed by atoms with Crippen LogP contribution >= 0.6 is 22.7 Å². The maximum absolute atomic E-state index is 10.5. The summed E-state index contributed by atoms with van der Waals surface area (Å²) in [6.07, 6.45) is 0.130. The van der Waals surface area contributed by atoms with Gasteiger partial charge in [0.2, 0.25) is 0 Å². The van der Waals surface area contributed by atoms with E-state index in [0.717, 1.165) is 32.0 Å². The van der Waals surface area contributed by atoms with Crippen LogP contribution in [-0.2, 0) is 0 Å². The first kappa shape index (κ1) is 17.3. The molecule has 0 amide bonds. The van der Waals surface area contributed by atoms with Crippen LogP contribution in [0.2, 0.25) is 0 Å². The number of benzene rings is 1. The number of aromatic nitrogens is 2. The van der Waals surface area contributed by atoms with Crippen molar-refractivity contribution in [2.24, 2.45) is 0 Å². The van der Waals surface area contributed by atoms with Crippen LogP contribution < -0.4 is 4.90 Å². The van der Waals surface area contributed by atoms with Crippen molar-refractivity contribution >= 4 is 38.7 Å². The largest absolute Gasteiger partial charge is 0.385 e. The standard InChI is InChI=1S/C21H16N4OS2/c22-9-8-21(26)12-25(13-21)19-17-15(14-5-2-1-3-6-14)11-28-20(17)24-18(23-19)16-7-4-10-27-16/h1-7,10-11,26H,8,12-13H2. The molecule has 1 N–H and O–H groups in total. The second-order valence-electron chi connectivity index (χ2n) is 6.96. The molecule has 28 heavy (non-hydrogen) atoms. The van der Waals surface area contributed by atoms with E-state index in [1.54, 1.807) is 22.7 Å². The van der Waals surface area contributed by atoms with Gasteiger partial charge in [-0.3, -0.25) is 0 Å². The van der Waals surface area contributed by atoms with Gasteiger partial charge in [0.05, 0.1) is 35.8 Å². The third-order valence-corrected chi connectivity index (χ3v) is 6.66. The Kier molecular flexibility index (Phi) is 4.13. The third-order valence-electron chi connectivity index (χ3n) is 4.92. The summed E-state index contributed by atoms with van der Waals surface area (Å²) >= 11 is 3.22. The summed E-state index contributed by atoms with van der Waals surface area (Å²) in [5, 5.41) is 24.6. The monoisotopic (exact) mass is 404 g/mol. The SMILES string of the molecule is N#CCC1(O)CN(c2nc(-c3cccs3)nc3scc(-c4ccccc4)c23)C1. The van der Waals surface area contributed by atoms with E-state index in [9.17, 15) is 5.11 Å². The Hall–Kier alpha value is -2.79. The summed E-state index contributed by atoms with van der Waals surface area (Å²) in [5.74, 6) is 1.53. The molecule has 1 aliphatic heterocycles. The first-order chi connectivity index (χ1) is 13.7. The Morgan fingerprint density at radius 1 is 1.11 bits per heavy atom. The molecule has 0 unspecified atom stereocenters. The highest BCUT2D eigenvalue weighted by Crippen LogP contribution is 2.42. The van der Waals surface area contributed by atoms with Crippen LogP contribution in [0.15, 0.2) is 53.2 Å². The lowest BCUT2D eigenvalue weighted by molar-refractivity contribution is 0.0164. The van der Waals surface area contributed by atoms with Crippen molar-refractivity contribution in [3.05, 3.63) is 53.2 Å². The van der Waals surface area contributed by atoms with Gasteiger partial charge in [0.25, 0.3) is 0 Å². The highest BCUT2D eigenvalue weighted by atomic mass is 32.1. The molecule has 0 saturated carbocycles. The van der Waals surface area contributed by atoms with Gasteiger partial charge in [0.15, 0.2) is 5.82 Å². The molecule has 5 rings (SSSR count). The number of nitrogens with zero attached hydrogens (tertiary/aromatic N) is 4. The molecule has 0 bridgehead atoms. The van der Waals surface area contributed by atoms with Crippen molar-refractivity contribution in [2.45, 2.75) is 12.0 Å². The van der Waals surface area contributed by atoms with Gasteiger partial charge in [-0.2, -0.15) is 5.26 Å². The van der Waals surface area contributed by atoms with E-state index in [4.69, 9.17) is 15.2 Å². The number of hydrogen-bond acceptors (Lipinski definition) is 7. The lowest BCUT2D eigenvalue weighted by Crippen LogP contribution is -2.62. The molecule has 138 valence electrons. The molecule has 1 saturated heterocycles. The van der Waals surface area contributed by atoms with Crippen molar-refractivity contribution in [1.29, 1.82) is 5.26 Å². The third kappa shape index (κ3) is 2.87. The molecule has 0 radical (unpaired) electrons. The topological polar surface area (TPSA) is 73.0 Å². The van der Waals surface area contributed by atoms with Crippen molar-refractivity contribution < 1.29 is 5.11 Å². The predicted molar refractivity (Wildman–Crippen MR) is 114 cm³/mol. The summed E-state index contributed by atoms with van der Waals surface area (Å²) in [4.78, 5) is 13.7. The Labute approximate surface area is 170 Å². The average Bonchev–Trinajstić information content (AvgIpc) is 3.36. The van der Waals surface area contributed by atoms with E-state index in [-0.39, 0.29) is 6.42 Å². The highest BCUT2D eigenvalue weighted by Gasteiger charge is 2.42. The van der Waals surface area contributed by atoms with Crippen LogP contribution in [0.4, 0.5) is 5.82 Å². The Balaban J connectivity index is 1.67. The second-order valence-corrected chi connectivity index (χ2v) is 8.76. The number of fused-ring (bicyclic) bond motifs is 1. The number of thiophene rings is 2. The smallest absolute Gasteiger partial charge is 0.173 e. The molecule has 3 aromatic heterocycles. The normalized spacial score (nSPS) is 15.4. The van der Waals surface area contributed by atoms with Gasteiger partial charge in [0.1, 0.15) is 16.2 Å². The average molecular weight is 405 g/mol. The molecule has 0 aliphatic carbocycles. The first-order valence-electron chi connectivity index (χ1n) is 8.90. The number of β-amino-alcohol motifs (C(OH)–C–C–N with tert-alkyl or cyclic N) is 1. The summed E-state index contributed by atoms with van der Waals surface area (Å²) < 4.78 is 0. The van der Waals surface area contributed by atoms with Gasteiger partial charge in [-0.1, -0.05) is 36.4 Å². The minimum Gasteiger partial charge on any atom is -0.385 e. The second kappa shape index (κ2) is 6.67. The van der Waals surface area contributed by atoms with E-state index < -0.39 is 5.60 Å². The Morgan fingerprint density at radius 2 is 1.93 bits per heavy atom. The lowest BCUT2D eigenvalue weighted by atomic mass is 9.90. The van der Waals surface area contributed by atoms with Crippen molar-refractivity contribution in [2.75, 3.05) is 18.0 Å². The van der Waals surface area contributed by atoms with Gasteiger partial charge < -0.3 is 10.0 Å². The van der Waals surface area contributed by atoms with Crippen LogP contribution in [0, 0.1) is 11.3 Å². The zero-order valence-corrected chi connectivity index (χ0v) is 16.5. The minimum absolute atomic E-state index is 0.130. The summed E-state index contributed by atoms with van der Waals surface area (Å²) in [7, 11) is 0. The number of nitriles is 1. The molecule has 1 aliphatic rings. The summed E-state index contributed by atoms with van der Waals surface area (Å²) in [5.41, 5.74) is 1.26. The summed E-state index contributed by atoms with van der Waals surface area (Å²) in [6, 6.07) is 16.3. The van der Waals surface area contributed by atoms with Crippen LogP contribution in [-0.4, -0.2) is 33.8 Å². The van der Waals surface area contributed by atoms with E-state index in [1.165, 1.54) is 0 Å². The molecular weight excluding hydrogens is 388 g/mol. The van der Waals surface area contributed by atoms with Gasteiger partial charge in [-0.25, -0.2) is 9.97 Å². The van der Waals surface area contributed by atoms with Gasteiger partial charge in [-0.05, 0) is 17.0 Å². The van der Waals surface area contributed by atoms with Crippen LogP contribution in [0.25, 0.3) is 32.0 Å². The fourth-order valence-corrected chi connectivity index (χ4v) is 5.17. The lowest BCUT2D eigenvalue weighted by Gasteiger charge is -2.46. The van der Waals surface area contributed by atoms with Crippen LogP contribution in [0.3, 0.4) is 0 Å².